The molecule has 0 aliphatic carbocycles. The third kappa shape index (κ3) is 3.46. The van der Waals surface area contributed by atoms with Gasteiger partial charge in [-0.15, -0.1) is 0 Å². The molecule has 12 heavy (non-hydrogen) atoms. The van der Waals surface area contributed by atoms with Crippen molar-refractivity contribution < 1.29 is 13.2 Å². The van der Waals surface area contributed by atoms with E-state index in [0.29, 0.717) is 6.54 Å². The highest BCUT2D eigenvalue weighted by atomic mass is 127. The fraction of sp³-hybridized carbons (Fsp3) is 0.429. The molecule has 0 aromatic carbocycles. The first-order chi connectivity index (χ1) is 5.47. The second-order valence-electron chi connectivity index (χ2n) is 2.46. The van der Waals surface area contributed by atoms with Gasteiger partial charge in [-0.2, -0.15) is 13.2 Å². The Kier molecular flexibility index (Phi) is 3.03. The molecule has 0 saturated heterocycles. The molecule has 0 aromatic rings. The summed E-state index contributed by atoms with van der Waals surface area (Å²) < 4.78 is 36.4. The van der Waals surface area contributed by atoms with Crippen LogP contribution in [-0.4, -0.2) is 24.2 Å². The number of hydrogen-bond acceptors (Lipinski definition) is 1. The average Bonchev–Trinajstić information content (AvgIpc) is 1.82. The fourth-order valence-electron chi connectivity index (χ4n) is 0.911. The van der Waals surface area contributed by atoms with Gasteiger partial charge < -0.3 is 4.90 Å². The summed E-state index contributed by atoms with van der Waals surface area (Å²) in [6.45, 7) is -0.532. The monoisotopic (exact) mass is 289 g/mol. The van der Waals surface area contributed by atoms with Crippen molar-refractivity contribution in [3.05, 3.63) is 21.9 Å². The van der Waals surface area contributed by atoms with Crippen LogP contribution in [0.25, 0.3) is 0 Å². The number of hydrogen-bond donors (Lipinski definition) is 0. The topological polar surface area (TPSA) is 3.24 Å². The largest absolute Gasteiger partial charge is 0.405 e. The highest BCUT2D eigenvalue weighted by Crippen LogP contribution is 2.20. The van der Waals surface area contributed by atoms with Gasteiger partial charge in [-0.05, 0) is 28.7 Å². The van der Waals surface area contributed by atoms with Crippen LogP contribution in [-0.2, 0) is 0 Å². The minimum absolute atomic E-state index is 0.339. The molecule has 0 unspecified atom stereocenters. The van der Waals surface area contributed by atoms with Crippen LogP contribution < -0.4 is 0 Å². The normalized spacial score (nSPS) is 18.0. The summed E-state index contributed by atoms with van der Waals surface area (Å²) in [5.74, 6) is 0. The fourth-order valence-corrected chi connectivity index (χ4v) is 1.56. The molecule has 1 nitrogen and oxygen atoms in total. The minimum atomic E-state index is -4.11. The van der Waals surface area contributed by atoms with E-state index < -0.39 is 12.7 Å². The van der Waals surface area contributed by atoms with Gasteiger partial charge in [0.1, 0.15) is 6.54 Å². The molecule has 0 radical (unpaired) electrons. The van der Waals surface area contributed by atoms with Crippen molar-refractivity contribution in [1.82, 2.24) is 4.90 Å². The molecule has 0 aromatic heterocycles. The third-order valence-electron chi connectivity index (χ3n) is 1.31. The van der Waals surface area contributed by atoms with Crippen molar-refractivity contribution >= 4 is 22.6 Å². The highest BCUT2D eigenvalue weighted by molar-refractivity contribution is 14.1. The van der Waals surface area contributed by atoms with Crippen molar-refractivity contribution in [3.8, 4) is 0 Å². The van der Waals surface area contributed by atoms with Crippen molar-refractivity contribution in [2.45, 2.75) is 6.18 Å². The Balaban J connectivity index is 2.51. The smallest absolute Gasteiger partial charge is 0.364 e. The summed E-state index contributed by atoms with van der Waals surface area (Å²) in [7, 11) is 0. The van der Waals surface area contributed by atoms with Crippen LogP contribution in [0.1, 0.15) is 0 Å². The molecule has 5 heteroatoms. The second-order valence-corrected chi connectivity index (χ2v) is 3.71. The molecule has 0 atom stereocenters. The van der Waals surface area contributed by atoms with E-state index in [4.69, 9.17) is 0 Å². The predicted molar refractivity (Wildman–Crippen MR) is 48.9 cm³/mol. The lowest BCUT2D eigenvalue weighted by atomic mass is 10.3. The van der Waals surface area contributed by atoms with Crippen LogP contribution in [0.2, 0.25) is 0 Å². The number of nitrogens with zero attached hydrogens (tertiary/aromatic N) is 1. The van der Waals surface area contributed by atoms with Crippen LogP contribution in [0, 0.1) is 0 Å². The van der Waals surface area contributed by atoms with E-state index in [-0.39, 0.29) is 0 Å². The van der Waals surface area contributed by atoms with Crippen LogP contribution in [0.3, 0.4) is 0 Å². The van der Waals surface area contributed by atoms with Crippen LogP contribution >= 0.6 is 22.6 Å². The average molecular weight is 289 g/mol. The molecule has 0 bridgehead atoms. The molecule has 0 saturated carbocycles. The zero-order valence-electron chi connectivity index (χ0n) is 6.11. The van der Waals surface area contributed by atoms with Crippen LogP contribution in [0.4, 0.5) is 13.2 Å². The Morgan fingerprint density at radius 3 is 2.67 bits per heavy atom. The Morgan fingerprint density at radius 2 is 2.17 bits per heavy atom. The summed E-state index contributed by atoms with van der Waals surface area (Å²) in [4.78, 5) is 1.24. The maximum Gasteiger partial charge on any atom is 0.405 e. The van der Waals surface area contributed by atoms with E-state index in [9.17, 15) is 13.2 Å². The molecular formula is C7H7F3IN. The lowest BCUT2D eigenvalue weighted by Gasteiger charge is -2.22. The van der Waals surface area contributed by atoms with Crippen molar-refractivity contribution in [2.75, 3.05) is 13.1 Å². The highest BCUT2D eigenvalue weighted by Gasteiger charge is 2.29. The van der Waals surface area contributed by atoms with Crippen molar-refractivity contribution in [2.24, 2.45) is 0 Å². The number of rotatable bonds is 1. The molecule has 0 fully saturated rings. The third-order valence-corrected chi connectivity index (χ3v) is 1.94. The van der Waals surface area contributed by atoms with E-state index in [2.05, 4.69) is 0 Å². The van der Waals surface area contributed by atoms with Gasteiger partial charge in [0.25, 0.3) is 0 Å². The van der Waals surface area contributed by atoms with Crippen molar-refractivity contribution in [1.29, 1.82) is 0 Å². The standard InChI is InChI=1S/C7H7F3IN/c8-7(9,10)5-12-3-1-2-6(11)4-12/h1-2,4H,3,5H2. The SMILES string of the molecule is FC(F)(F)CN1C=C(I)C=CC1. The van der Waals surface area contributed by atoms with E-state index in [0.717, 1.165) is 3.58 Å². The summed E-state index contributed by atoms with van der Waals surface area (Å²) in [6, 6.07) is 0. The van der Waals surface area contributed by atoms with Gasteiger partial charge in [0.05, 0.1) is 0 Å². The van der Waals surface area contributed by atoms with Crippen LogP contribution in [0.15, 0.2) is 21.9 Å². The molecule has 68 valence electrons. The molecule has 1 rings (SSSR count). The molecule has 0 N–H and O–H groups in total. The first-order valence-corrected chi connectivity index (χ1v) is 4.40. The number of alkyl halides is 3. The summed E-state index contributed by atoms with van der Waals surface area (Å²) in [5.41, 5.74) is 0. The van der Waals surface area contributed by atoms with Gasteiger partial charge in [0.2, 0.25) is 0 Å². The summed E-state index contributed by atoms with van der Waals surface area (Å²) in [6.07, 6.45) is 0.910. The Hall–Kier alpha value is -0.200. The quantitative estimate of drug-likeness (QED) is 0.671. The molecule has 0 spiro atoms. The first kappa shape index (κ1) is 9.88. The molecule has 0 amide bonds. The lowest BCUT2D eigenvalue weighted by molar-refractivity contribution is -0.139. The predicted octanol–water partition coefficient (Wildman–Crippen LogP) is 2.70. The van der Waals surface area contributed by atoms with Gasteiger partial charge >= 0.3 is 6.18 Å². The maximum absolute atomic E-state index is 11.9. The Labute approximate surface area is 82.1 Å². The molecule has 1 aliphatic heterocycles. The Morgan fingerprint density at radius 1 is 1.50 bits per heavy atom. The molecule has 1 aliphatic rings. The van der Waals surface area contributed by atoms with Gasteiger partial charge in [0.15, 0.2) is 0 Å². The van der Waals surface area contributed by atoms with E-state index in [1.165, 1.54) is 11.1 Å². The van der Waals surface area contributed by atoms with E-state index >= 15 is 0 Å². The number of allylic oxidation sites excluding steroid dienone is 2. The summed E-state index contributed by atoms with van der Waals surface area (Å²) >= 11 is 1.99. The molecular weight excluding hydrogens is 282 g/mol. The van der Waals surface area contributed by atoms with Crippen molar-refractivity contribution in [3.63, 3.8) is 0 Å². The van der Waals surface area contributed by atoms with Gasteiger partial charge in [-0.25, -0.2) is 0 Å². The maximum atomic E-state index is 11.9. The second kappa shape index (κ2) is 3.68. The minimum Gasteiger partial charge on any atom is -0.364 e. The van der Waals surface area contributed by atoms with E-state index in [1.54, 1.807) is 12.2 Å². The first-order valence-electron chi connectivity index (χ1n) is 3.32. The van der Waals surface area contributed by atoms with E-state index in [1.807, 2.05) is 22.6 Å². The number of halogens is 4. The zero-order valence-corrected chi connectivity index (χ0v) is 8.26. The lowest BCUT2D eigenvalue weighted by Crippen LogP contribution is -2.31. The van der Waals surface area contributed by atoms with Gasteiger partial charge in [-0.1, -0.05) is 6.08 Å². The van der Waals surface area contributed by atoms with Gasteiger partial charge in [0, 0.05) is 16.3 Å². The van der Waals surface area contributed by atoms with Crippen LogP contribution in [0.5, 0.6) is 0 Å². The zero-order chi connectivity index (χ0) is 9.19. The molecule has 1 heterocycles. The van der Waals surface area contributed by atoms with Gasteiger partial charge in [-0.3, -0.25) is 0 Å². The summed E-state index contributed by atoms with van der Waals surface area (Å²) in [5, 5.41) is 0. The Bertz CT molecular complexity index is 219.